The number of hydrogen-bond acceptors (Lipinski definition) is 2. The van der Waals surface area contributed by atoms with Gasteiger partial charge in [0.05, 0.1) is 6.42 Å². The standard InChI is InChI=1S/C10H13NO2/c1-7-3-4-11-6-9(7)8(2)5-10(12)13/h3-4,6,8H,5H2,1-2H3,(H,12,13). The molecule has 13 heavy (non-hydrogen) atoms. The Balaban J connectivity index is 2.82. The van der Waals surface area contributed by atoms with Crippen LogP contribution in [0.4, 0.5) is 0 Å². The van der Waals surface area contributed by atoms with E-state index in [0.29, 0.717) is 0 Å². The summed E-state index contributed by atoms with van der Waals surface area (Å²) in [5.74, 6) is -0.734. The number of carboxylic acid groups (broad SMARTS) is 1. The van der Waals surface area contributed by atoms with Gasteiger partial charge in [0, 0.05) is 12.4 Å². The van der Waals surface area contributed by atoms with E-state index in [1.807, 2.05) is 19.9 Å². The van der Waals surface area contributed by atoms with Crippen LogP contribution in [0, 0.1) is 6.92 Å². The molecule has 1 N–H and O–H groups in total. The molecule has 0 bridgehead atoms. The second kappa shape index (κ2) is 4.03. The monoisotopic (exact) mass is 179 g/mol. The molecule has 1 aromatic rings. The van der Waals surface area contributed by atoms with Gasteiger partial charge in [-0.15, -0.1) is 0 Å². The minimum Gasteiger partial charge on any atom is -0.481 e. The molecule has 3 nitrogen and oxygen atoms in total. The summed E-state index contributed by atoms with van der Waals surface area (Å²) >= 11 is 0. The van der Waals surface area contributed by atoms with Gasteiger partial charge < -0.3 is 5.11 Å². The van der Waals surface area contributed by atoms with Gasteiger partial charge in [-0.1, -0.05) is 6.92 Å². The molecule has 0 aliphatic rings. The van der Waals surface area contributed by atoms with Gasteiger partial charge in [-0.05, 0) is 30.0 Å². The van der Waals surface area contributed by atoms with Gasteiger partial charge >= 0.3 is 5.97 Å². The van der Waals surface area contributed by atoms with Crippen molar-refractivity contribution in [3.8, 4) is 0 Å². The molecule has 0 amide bonds. The molecule has 0 aliphatic heterocycles. The molecule has 0 fully saturated rings. The van der Waals surface area contributed by atoms with E-state index in [4.69, 9.17) is 5.11 Å². The predicted molar refractivity (Wildman–Crippen MR) is 49.6 cm³/mol. The summed E-state index contributed by atoms with van der Waals surface area (Å²) in [7, 11) is 0. The molecule has 0 saturated heterocycles. The largest absolute Gasteiger partial charge is 0.481 e. The number of hydrogen-bond donors (Lipinski definition) is 1. The van der Waals surface area contributed by atoms with Gasteiger partial charge in [-0.3, -0.25) is 9.78 Å². The van der Waals surface area contributed by atoms with Crippen LogP contribution in [0.15, 0.2) is 18.5 Å². The van der Waals surface area contributed by atoms with Crippen molar-refractivity contribution in [3.63, 3.8) is 0 Å². The molecule has 1 aromatic heterocycles. The zero-order valence-corrected chi connectivity index (χ0v) is 7.82. The lowest BCUT2D eigenvalue weighted by Gasteiger charge is -2.10. The maximum absolute atomic E-state index is 10.5. The van der Waals surface area contributed by atoms with Crippen LogP contribution in [0.2, 0.25) is 0 Å². The molecule has 0 aliphatic carbocycles. The van der Waals surface area contributed by atoms with E-state index < -0.39 is 5.97 Å². The summed E-state index contributed by atoms with van der Waals surface area (Å²) in [4.78, 5) is 14.5. The number of aryl methyl sites for hydroxylation is 1. The highest BCUT2D eigenvalue weighted by atomic mass is 16.4. The SMILES string of the molecule is Cc1ccncc1C(C)CC(=O)O. The maximum Gasteiger partial charge on any atom is 0.303 e. The summed E-state index contributed by atoms with van der Waals surface area (Å²) in [6, 6.07) is 1.90. The molecule has 0 spiro atoms. The van der Waals surface area contributed by atoms with Crippen molar-refractivity contribution in [2.24, 2.45) is 0 Å². The summed E-state index contributed by atoms with van der Waals surface area (Å²) in [5, 5.41) is 8.62. The molecule has 3 heteroatoms. The minimum absolute atomic E-state index is 0.0335. The Morgan fingerprint density at radius 1 is 1.69 bits per heavy atom. The van der Waals surface area contributed by atoms with Crippen LogP contribution >= 0.6 is 0 Å². The topological polar surface area (TPSA) is 50.2 Å². The average molecular weight is 179 g/mol. The first kappa shape index (κ1) is 9.71. The lowest BCUT2D eigenvalue weighted by molar-refractivity contribution is -0.137. The maximum atomic E-state index is 10.5. The van der Waals surface area contributed by atoms with Gasteiger partial charge in [0.2, 0.25) is 0 Å². The van der Waals surface area contributed by atoms with Crippen LogP contribution < -0.4 is 0 Å². The Bertz CT molecular complexity index is 310. The Hall–Kier alpha value is -1.38. The molecule has 1 rings (SSSR count). The summed E-state index contributed by atoms with van der Waals surface area (Å²) in [6.45, 7) is 3.87. The number of carboxylic acids is 1. The Morgan fingerprint density at radius 2 is 2.38 bits per heavy atom. The summed E-state index contributed by atoms with van der Waals surface area (Å²) < 4.78 is 0. The number of carbonyl (C=O) groups is 1. The Morgan fingerprint density at radius 3 is 2.92 bits per heavy atom. The van der Waals surface area contributed by atoms with Crippen molar-refractivity contribution < 1.29 is 9.90 Å². The zero-order valence-electron chi connectivity index (χ0n) is 7.82. The van der Waals surface area contributed by atoms with E-state index in [1.165, 1.54) is 0 Å². The van der Waals surface area contributed by atoms with Crippen LogP contribution in [0.1, 0.15) is 30.4 Å². The number of aromatic nitrogens is 1. The molecule has 1 atom stereocenters. The quantitative estimate of drug-likeness (QED) is 0.771. The Labute approximate surface area is 77.4 Å². The van der Waals surface area contributed by atoms with E-state index in [-0.39, 0.29) is 12.3 Å². The van der Waals surface area contributed by atoms with Gasteiger partial charge in [0.15, 0.2) is 0 Å². The fraction of sp³-hybridized carbons (Fsp3) is 0.400. The number of nitrogens with zero attached hydrogens (tertiary/aromatic N) is 1. The lowest BCUT2D eigenvalue weighted by Crippen LogP contribution is -2.04. The first-order chi connectivity index (χ1) is 6.11. The van der Waals surface area contributed by atoms with Gasteiger partial charge in [-0.25, -0.2) is 0 Å². The van der Waals surface area contributed by atoms with Crippen LogP contribution in [0.25, 0.3) is 0 Å². The van der Waals surface area contributed by atoms with Crippen molar-refractivity contribution in [2.45, 2.75) is 26.2 Å². The molecule has 70 valence electrons. The Kier molecular flexibility index (Phi) is 3.01. The first-order valence-electron chi connectivity index (χ1n) is 4.23. The molecule has 1 heterocycles. The number of pyridine rings is 1. The number of aliphatic carboxylic acids is 1. The summed E-state index contributed by atoms with van der Waals surface area (Å²) in [5.41, 5.74) is 2.12. The molecular formula is C10H13NO2. The zero-order chi connectivity index (χ0) is 9.84. The van der Waals surface area contributed by atoms with Crippen molar-refractivity contribution in [1.29, 1.82) is 0 Å². The van der Waals surface area contributed by atoms with Crippen LogP contribution in [0.3, 0.4) is 0 Å². The molecular weight excluding hydrogens is 166 g/mol. The van der Waals surface area contributed by atoms with E-state index in [9.17, 15) is 4.79 Å². The second-order valence-corrected chi connectivity index (χ2v) is 3.23. The van der Waals surface area contributed by atoms with Crippen molar-refractivity contribution >= 4 is 5.97 Å². The fourth-order valence-electron chi connectivity index (χ4n) is 1.36. The van der Waals surface area contributed by atoms with E-state index in [2.05, 4.69) is 4.98 Å². The normalized spacial score (nSPS) is 12.5. The predicted octanol–water partition coefficient (Wildman–Crippen LogP) is 1.97. The second-order valence-electron chi connectivity index (χ2n) is 3.23. The number of rotatable bonds is 3. The van der Waals surface area contributed by atoms with E-state index in [0.717, 1.165) is 11.1 Å². The molecule has 0 aromatic carbocycles. The minimum atomic E-state index is -0.768. The third kappa shape index (κ3) is 2.54. The van der Waals surface area contributed by atoms with Gasteiger partial charge in [0.1, 0.15) is 0 Å². The average Bonchev–Trinajstić information content (AvgIpc) is 2.03. The smallest absolute Gasteiger partial charge is 0.303 e. The molecule has 1 unspecified atom stereocenters. The van der Waals surface area contributed by atoms with Crippen LogP contribution in [-0.2, 0) is 4.79 Å². The van der Waals surface area contributed by atoms with Gasteiger partial charge in [-0.2, -0.15) is 0 Å². The molecule has 0 radical (unpaired) electrons. The highest BCUT2D eigenvalue weighted by Crippen LogP contribution is 2.20. The third-order valence-corrected chi connectivity index (χ3v) is 2.09. The lowest BCUT2D eigenvalue weighted by atomic mass is 9.96. The van der Waals surface area contributed by atoms with Crippen molar-refractivity contribution in [1.82, 2.24) is 4.98 Å². The van der Waals surface area contributed by atoms with Crippen LogP contribution in [0.5, 0.6) is 0 Å². The van der Waals surface area contributed by atoms with E-state index >= 15 is 0 Å². The van der Waals surface area contributed by atoms with Gasteiger partial charge in [0.25, 0.3) is 0 Å². The van der Waals surface area contributed by atoms with Crippen molar-refractivity contribution in [2.75, 3.05) is 0 Å². The first-order valence-corrected chi connectivity index (χ1v) is 4.23. The summed E-state index contributed by atoms with van der Waals surface area (Å²) in [6.07, 6.45) is 3.61. The highest BCUT2D eigenvalue weighted by Gasteiger charge is 2.11. The van der Waals surface area contributed by atoms with Crippen LogP contribution in [-0.4, -0.2) is 16.1 Å². The third-order valence-electron chi connectivity index (χ3n) is 2.09. The highest BCUT2D eigenvalue weighted by molar-refractivity contribution is 5.68. The van der Waals surface area contributed by atoms with Crippen molar-refractivity contribution in [3.05, 3.63) is 29.6 Å². The van der Waals surface area contributed by atoms with E-state index in [1.54, 1.807) is 12.4 Å². The molecule has 0 saturated carbocycles. The fourth-order valence-corrected chi connectivity index (χ4v) is 1.36.